The van der Waals surface area contributed by atoms with Gasteiger partial charge < -0.3 is 30.5 Å². The Bertz CT molecular complexity index is 2390. The highest BCUT2D eigenvalue weighted by Crippen LogP contribution is 2.35. The lowest BCUT2D eigenvalue weighted by Gasteiger charge is -2.37. The third-order valence-corrected chi connectivity index (χ3v) is 12.4. The summed E-state index contributed by atoms with van der Waals surface area (Å²) in [7, 11) is 0. The van der Waals surface area contributed by atoms with Crippen LogP contribution in [0.2, 0.25) is 0 Å². The Morgan fingerprint density at radius 3 is 2.23 bits per heavy atom. The lowest BCUT2D eigenvalue weighted by molar-refractivity contribution is -0.145. The van der Waals surface area contributed by atoms with Crippen LogP contribution in [0.4, 0.5) is 0 Å². The number of nitrogens with one attached hydrogen (secondary N) is 2. The molecule has 1 saturated heterocycles. The van der Waals surface area contributed by atoms with Crippen LogP contribution in [0.3, 0.4) is 0 Å². The standard InChI is InChI=1S/C48H55N5O7S/c1-28-36(37-12-10-24-49-40(37)45(57)58)11-9-13-39(28)60-35-20-14-31(15-21-35)22-23-48(7,8)46(59)52-42(47(4,5)6)44(56)53-26-34(54)25-38(53)43(55)51-29(2)32-16-18-33(19-17-32)41-30(3)50-27-61-41/h9-21,24,27,29,34,38,42,54H,22-23,25-26H2,1-8H3,(H,51,55)(H,52,59)(H,57,58)/t29-,34+,38-,42+/m0/s1. The minimum atomic E-state index is -1.11. The Morgan fingerprint density at radius 1 is 0.902 bits per heavy atom. The number of ether oxygens (including phenoxy) is 1. The summed E-state index contributed by atoms with van der Waals surface area (Å²) in [4.78, 5) is 64.7. The van der Waals surface area contributed by atoms with E-state index in [1.807, 2.05) is 128 Å². The molecule has 4 N–H and O–H groups in total. The topological polar surface area (TPSA) is 171 Å². The molecule has 0 radical (unpaired) electrons. The number of amides is 3. The van der Waals surface area contributed by atoms with Gasteiger partial charge >= 0.3 is 5.97 Å². The van der Waals surface area contributed by atoms with Crippen LogP contribution in [0.25, 0.3) is 21.6 Å². The van der Waals surface area contributed by atoms with E-state index in [0.717, 1.165) is 32.8 Å². The molecule has 3 aromatic carbocycles. The Balaban J connectivity index is 1.07. The van der Waals surface area contributed by atoms with E-state index in [1.54, 1.807) is 23.5 Å². The number of carboxylic acids is 1. The lowest BCUT2D eigenvalue weighted by atomic mass is 9.82. The van der Waals surface area contributed by atoms with Crippen molar-refractivity contribution >= 4 is 35.0 Å². The zero-order chi connectivity index (χ0) is 44.2. The molecule has 5 aromatic rings. The number of aryl methyl sites for hydroxylation is 2. The van der Waals surface area contributed by atoms with Gasteiger partial charge in [-0.05, 0) is 91.1 Å². The predicted octanol–water partition coefficient (Wildman–Crippen LogP) is 8.31. The fraction of sp³-hybridized carbons (Fsp3) is 0.375. The largest absolute Gasteiger partial charge is 0.476 e. The fourth-order valence-electron chi connectivity index (χ4n) is 7.57. The van der Waals surface area contributed by atoms with Gasteiger partial charge in [-0.15, -0.1) is 11.3 Å². The average molecular weight is 846 g/mol. The van der Waals surface area contributed by atoms with Crippen molar-refractivity contribution in [1.29, 1.82) is 0 Å². The fourth-order valence-corrected chi connectivity index (χ4v) is 8.38. The van der Waals surface area contributed by atoms with Crippen LogP contribution in [0.15, 0.2) is 90.6 Å². The number of aliphatic hydroxyl groups excluding tert-OH is 1. The normalized spacial score (nSPS) is 16.4. The van der Waals surface area contributed by atoms with Gasteiger partial charge in [-0.1, -0.05) is 89.2 Å². The lowest BCUT2D eigenvalue weighted by Crippen LogP contribution is -2.59. The quantitative estimate of drug-likeness (QED) is 0.0859. The second-order valence-corrected chi connectivity index (χ2v) is 18.4. The Labute approximate surface area is 361 Å². The first-order chi connectivity index (χ1) is 28.8. The van der Waals surface area contributed by atoms with Gasteiger partial charge in [0.15, 0.2) is 5.69 Å². The van der Waals surface area contributed by atoms with E-state index in [4.69, 9.17) is 4.74 Å². The third kappa shape index (κ3) is 10.3. The molecule has 3 amide bonds. The molecule has 61 heavy (non-hydrogen) atoms. The molecule has 320 valence electrons. The van der Waals surface area contributed by atoms with Crippen molar-refractivity contribution in [2.24, 2.45) is 10.8 Å². The summed E-state index contributed by atoms with van der Waals surface area (Å²) in [5.41, 5.74) is 6.12. The zero-order valence-corrected chi connectivity index (χ0v) is 36.8. The molecule has 0 unspecified atom stereocenters. The number of nitrogens with zero attached hydrogens (tertiary/aromatic N) is 3. The van der Waals surface area contributed by atoms with Gasteiger partial charge in [0.1, 0.15) is 23.6 Å². The molecule has 12 nitrogen and oxygen atoms in total. The number of aliphatic hydroxyl groups is 1. The summed E-state index contributed by atoms with van der Waals surface area (Å²) in [5, 5.41) is 26.5. The molecular weight excluding hydrogens is 791 g/mol. The van der Waals surface area contributed by atoms with Crippen LogP contribution in [0, 0.1) is 24.7 Å². The van der Waals surface area contributed by atoms with Crippen molar-refractivity contribution in [1.82, 2.24) is 25.5 Å². The van der Waals surface area contributed by atoms with Crippen molar-refractivity contribution in [3.8, 4) is 33.1 Å². The van der Waals surface area contributed by atoms with Crippen LogP contribution < -0.4 is 15.4 Å². The van der Waals surface area contributed by atoms with Crippen LogP contribution >= 0.6 is 11.3 Å². The van der Waals surface area contributed by atoms with Crippen molar-refractivity contribution in [2.45, 2.75) is 98.9 Å². The van der Waals surface area contributed by atoms with Gasteiger partial charge in [0.2, 0.25) is 17.7 Å². The second kappa shape index (κ2) is 18.4. The first-order valence-electron chi connectivity index (χ1n) is 20.5. The summed E-state index contributed by atoms with van der Waals surface area (Å²) in [6, 6.07) is 22.3. The number of rotatable bonds is 14. The van der Waals surface area contributed by atoms with E-state index in [0.29, 0.717) is 35.5 Å². The van der Waals surface area contributed by atoms with Gasteiger partial charge in [0.05, 0.1) is 28.2 Å². The van der Waals surface area contributed by atoms with Crippen molar-refractivity contribution in [3.63, 3.8) is 0 Å². The van der Waals surface area contributed by atoms with E-state index in [1.165, 1.54) is 11.1 Å². The van der Waals surface area contributed by atoms with E-state index in [9.17, 15) is 29.4 Å². The number of carbonyl (C=O) groups is 4. The van der Waals surface area contributed by atoms with Crippen molar-refractivity contribution < 1.29 is 34.1 Å². The smallest absolute Gasteiger partial charge is 0.355 e. The number of carbonyl (C=O) groups excluding carboxylic acids is 3. The van der Waals surface area contributed by atoms with Crippen molar-refractivity contribution in [2.75, 3.05) is 6.54 Å². The first-order valence-corrected chi connectivity index (χ1v) is 21.4. The minimum Gasteiger partial charge on any atom is -0.476 e. The monoisotopic (exact) mass is 845 g/mol. The molecule has 3 heterocycles. The number of likely N-dealkylation sites (tertiary alicyclic amines) is 1. The highest BCUT2D eigenvalue weighted by molar-refractivity contribution is 7.13. The maximum atomic E-state index is 14.3. The zero-order valence-electron chi connectivity index (χ0n) is 36.0. The average Bonchev–Trinajstić information content (AvgIpc) is 3.84. The number of carboxylic acid groups (broad SMARTS) is 1. The minimum absolute atomic E-state index is 0.0130. The number of pyridine rings is 1. The molecule has 2 aromatic heterocycles. The molecule has 6 rings (SSSR count). The molecular formula is C48H55N5O7S. The van der Waals surface area contributed by atoms with Gasteiger partial charge in [0.25, 0.3) is 0 Å². The highest BCUT2D eigenvalue weighted by Gasteiger charge is 2.45. The molecule has 4 atom stereocenters. The molecule has 0 saturated carbocycles. The Kier molecular flexibility index (Phi) is 13.4. The van der Waals surface area contributed by atoms with Crippen LogP contribution in [-0.2, 0) is 20.8 Å². The molecule has 0 aliphatic carbocycles. The van der Waals surface area contributed by atoms with E-state index >= 15 is 0 Å². The van der Waals surface area contributed by atoms with Gasteiger partial charge in [-0.2, -0.15) is 0 Å². The summed E-state index contributed by atoms with van der Waals surface area (Å²) in [6.07, 6.45) is 1.73. The number of β-amino-alcohol motifs (C(OH)–C–C–N with tert-alkyl or cyclic N) is 1. The van der Waals surface area contributed by atoms with Gasteiger partial charge in [-0.25, -0.2) is 14.8 Å². The number of thiazole rings is 1. The summed E-state index contributed by atoms with van der Waals surface area (Å²) >= 11 is 1.57. The summed E-state index contributed by atoms with van der Waals surface area (Å²) < 4.78 is 6.23. The maximum absolute atomic E-state index is 14.3. The number of aromatic carboxylic acids is 1. The number of hydrogen-bond donors (Lipinski definition) is 4. The van der Waals surface area contributed by atoms with E-state index < -0.39 is 40.9 Å². The van der Waals surface area contributed by atoms with Crippen LogP contribution in [-0.4, -0.2) is 73.5 Å². The summed E-state index contributed by atoms with van der Waals surface area (Å²) in [5.74, 6) is -0.989. The summed E-state index contributed by atoms with van der Waals surface area (Å²) in [6.45, 7) is 15.0. The molecule has 1 aliphatic heterocycles. The van der Waals surface area contributed by atoms with Crippen LogP contribution in [0.1, 0.15) is 93.3 Å². The molecule has 0 spiro atoms. The molecule has 1 fully saturated rings. The molecule has 1 aliphatic rings. The Morgan fingerprint density at radius 2 is 1.59 bits per heavy atom. The van der Waals surface area contributed by atoms with E-state index in [-0.39, 0.29) is 36.5 Å². The molecule has 0 bridgehead atoms. The first kappa shape index (κ1) is 44.6. The van der Waals surface area contributed by atoms with Gasteiger partial charge in [0, 0.05) is 30.1 Å². The van der Waals surface area contributed by atoms with Crippen LogP contribution in [0.5, 0.6) is 11.5 Å². The third-order valence-electron chi connectivity index (χ3n) is 11.4. The predicted molar refractivity (Wildman–Crippen MR) is 236 cm³/mol. The second-order valence-electron chi connectivity index (χ2n) is 17.6. The SMILES string of the molecule is Cc1ncsc1-c1ccc([C@H](C)NC(=O)[C@@H]2C[C@@H](O)CN2C(=O)[C@@H](NC(=O)C(C)(C)CCc2ccc(Oc3cccc(-c4cccnc4C(=O)O)c3C)cc2)C(C)(C)C)cc1. The molecule has 13 heteroatoms. The number of hydrogen-bond acceptors (Lipinski definition) is 9. The Hall–Kier alpha value is -5.92. The maximum Gasteiger partial charge on any atom is 0.355 e. The highest BCUT2D eigenvalue weighted by atomic mass is 32.1. The van der Waals surface area contributed by atoms with E-state index in [2.05, 4.69) is 20.6 Å². The number of aromatic nitrogens is 2. The van der Waals surface area contributed by atoms with Gasteiger partial charge in [-0.3, -0.25) is 14.4 Å². The number of benzene rings is 3. The van der Waals surface area contributed by atoms with Crippen molar-refractivity contribution in [3.05, 3.63) is 119 Å².